The first kappa shape index (κ1) is 23.5. The molecule has 0 unspecified atom stereocenters. The van der Waals surface area contributed by atoms with Crippen LogP contribution in [0.25, 0.3) is 22.1 Å². The fraction of sp³-hybridized carbons (Fsp3) is 0.208. The number of hydrogen-bond donors (Lipinski definition) is 0. The average Bonchev–Trinajstić information content (AvgIpc) is 3.23. The Bertz CT molecular complexity index is 1420. The van der Waals surface area contributed by atoms with Crippen LogP contribution in [0.2, 0.25) is 5.02 Å². The Balaban J connectivity index is 1.39. The fourth-order valence-corrected chi connectivity index (χ4v) is 4.20. The summed E-state index contributed by atoms with van der Waals surface area (Å²) in [6.07, 6.45) is 1.56. The molecule has 0 fully saturated rings. The quantitative estimate of drug-likeness (QED) is 0.193. The smallest absolute Gasteiger partial charge is 0.316 e. The van der Waals surface area contributed by atoms with E-state index < -0.39 is 18.5 Å². The van der Waals surface area contributed by atoms with Gasteiger partial charge in [0.2, 0.25) is 0 Å². The summed E-state index contributed by atoms with van der Waals surface area (Å²) in [5.74, 6) is -1.07. The average molecular weight is 495 g/mol. The molecule has 2 aromatic heterocycles. The van der Waals surface area contributed by atoms with Gasteiger partial charge in [0.15, 0.2) is 12.2 Å². The topological polar surface area (TPSA) is 109 Å². The molecule has 0 saturated heterocycles. The highest BCUT2D eigenvalue weighted by atomic mass is 35.5. The third kappa shape index (κ3) is 5.14. The van der Waals surface area contributed by atoms with Gasteiger partial charge in [-0.3, -0.25) is 9.59 Å². The summed E-state index contributed by atoms with van der Waals surface area (Å²) in [7, 11) is 0. The van der Waals surface area contributed by atoms with E-state index in [4.69, 9.17) is 26.0 Å². The second kappa shape index (κ2) is 10.5. The lowest BCUT2D eigenvalue weighted by atomic mass is 10.2. The molecule has 8 nitrogen and oxygen atoms in total. The van der Waals surface area contributed by atoms with Crippen LogP contribution in [0.4, 0.5) is 5.69 Å². The highest BCUT2D eigenvalue weighted by molar-refractivity contribution is 8.00. The van der Waals surface area contributed by atoms with Gasteiger partial charge in [0.05, 0.1) is 18.2 Å². The first-order valence-corrected chi connectivity index (χ1v) is 11.7. The van der Waals surface area contributed by atoms with Crippen molar-refractivity contribution in [2.75, 3.05) is 23.8 Å². The van der Waals surface area contributed by atoms with Crippen LogP contribution in [0.3, 0.4) is 0 Å². The van der Waals surface area contributed by atoms with E-state index >= 15 is 0 Å². The lowest BCUT2D eigenvalue weighted by molar-refractivity contribution is -0.145. The van der Waals surface area contributed by atoms with Crippen LogP contribution in [0.15, 0.2) is 58.2 Å². The van der Waals surface area contributed by atoms with Crippen LogP contribution in [-0.4, -0.2) is 40.7 Å². The van der Waals surface area contributed by atoms with Crippen LogP contribution in [0.5, 0.6) is 0 Å². The summed E-state index contributed by atoms with van der Waals surface area (Å²) in [5.41, 5.74) is 3.23. The molecule has 34 heavy (non-hydrogen) atoms. The Kier molecular flexibility index (Phi) is 7.30. The maximum absolute atomic E-state index is 12.8. The number of hydrogen-bond acceptors (Lipinski definition) is 8. The predicted octanol–water partition coefficient (Wildman–Crippen LogP) is 4.92. The minimum atomic E-state index is -0.575. The number of carbonyl (C=O) groups excluding carboxylic acids is 2. The van der Waals surface area contributed by atoms with E-state index in [9.17, 15) is 9.59 Å². The number of halogens is 1. The van der Waals surface area contributed by atoms with Crippen molar-refractivity contribution in [1.82, 2.24) is 9.97 Å². The predicted molar refractivity (Wildman–Crippen MR) is 130 cm³/mol. The molecule has 0 bridgehead atoms. The normalized spacial score (nSPS) is 10.9. The van der Waals surface area contributed by atoms with Gasteiger partial charge < -0.3 is 14.1 Å². The number of amides is 1. The summed E-state index contributed by atoms with van der Waals surface area (Å²) in [6, 6.07) is 14.7. The number of fused-ring (bicyclic) bond motifs is 3. The molecule has 4 aromatic rings. The summed E-state index contributed by atoms with van der Waals surface area (Å²) >= 11 is 7.22. The van der Waals surface area contributed by atoms with Gasteiger partial charge in [-0.25, -0.2) is 9.97 Å². The Morgan fingerprint density at radius 2 is 2.06 bits per heavy atom. The largest absolute Gasteiger partial charge is 0.455 e. The van der Waals surface area contributed by atoms with Crippen molar-refractivity contribution >= 4 is 63.0 Å². The van der Waals surface area contributed by atoms with E-state index in [1.165, 1.54) is 11.2 Å². The number of nitriles is 1. The molecular formula is C24H19ClN4O4S. The van der Waals surface area contributed by atoms with Crippen LogP contribution in [0, 0.1) is 18.3 Å². The highest BCUT2D eigenvalue weighted by Crippen LogP contribution is 2.32. The number of ether oxygens (including phenoxy) is 1. The third-order valence-electron chi connectivity index (χ3n) is 5.01. The summed E-state index contributed by atoms with van der Waals surface area (Å²) in [6.45, 7) is 1.55. The van der Waals surface area contributed by atoms with E-state index in [0.717, 1.165) is 22.7 Å². The Morgan fingerprint density at radius 1 is 1.24 bits per heavy atom. The zero-order valence-electron chi connectivity index (χ0n) is 18.2. The van der Waals surface area contributed by atoms with E-state index in [1.54, 1.807) is 18.2 Å². The SMILES string of the molecule is Cc1cc(N(CCC#N)C(=O)COC(=O)CSc2ncnc3c2oc2ccccc23)ccc1Cl. The second-order valence-electron chi connectivity index (χ2n) is 7.29. The number of carbonyl (C=O) groups is 2. The Labute approximate surface area is 204 Å². The molecule has 2 aromatic carbocycles. The molecule has 0 N–H and O–H groups in total. The van der Waals surface area contributed by atoms with Crippen molar-refractivity contribution < 1.29 is 18.7 Å². The second-order valence-corrected chi connectivity index (χ2v) is 8.66. The monoisotopic (exact) mass is 494 g/mol. The first-order valence-electron chi connectivity index (χ1n) is 10.3. The van der Waals surface area contributed by atoms with Gasteiger partial charge in [-0.15, -0.1) is 0 Å². The zero-order valence-corrected chi connectivity index (χ0v) is 19.7. The van der Waals surface area contributed by atoms with Crippen LogP contribution in [-0.2, 0) is 14.3 Å². The van der Waals surface area contributed by atoms with Gasteiger partial charge in [0.1, 0.15) is 22.5 Å². The number of benzene rings is 2. The minimum absolute atomic E-state index is 0.0608. The minimum Gasteiger partial charge on any atom is -0.455 e. The zero-order chi connectivity index (χ0) is 24.1. The van der Waals surface area contributed by atoms with E-state index in [-0.39, 0.29) is 18.7 Å². The first-order chi connectivity index (χ1) is 16.5. The molecule has 0 spiro atoms. The fourth-order valence-electron chi connectivity index (χ4n) is 3.35. The number of para-hydroxylation sites is 1. The number of furan rings is 1. The van der Waals surface area contributed by atoms with Gasteiger partial charge in [-0.1, -0.05) is 35.5 Å². The Hall–Kier alpha value is -3.61. The number of rotatable bonds is 8. The molecular weight excluding hydrogens is 476 g/mol. The third-order valence-corrected chi connectivity index (χ3v) is 6.38. The van der Waals surface area contributed by atoms with Crippen LogP contribution < -0.4 is 4.90 Å². The van der Waals surface area contributed by atoms with Gasteiger partial charge >= 0.3 is 5.97 Å². The van der Waals surface area contributed by atoms with E-state index in [1.807, 2.05) is 37.3 Å². The maximum Gasteiger partial charge on any atom is 0.316 e. The molecule has 1 amide bonds. The lowest BCUT2D eigenvalue weighted by Crippen LogP contribution is -2.35. The van der Waals surface area contributed by atoms with Crippen LogP contribution in [0.1, 0.15) is 12.0 Å². The number of aromatic nitrogens is 2. The Morgan fingerprint density at radius 3 is 2.85 bits per heavy atom. The van der Waals surface area contributed by atoms with Crippen molar-refractivity contribution in [2.45, 2.75) is 18.4 Å². The molecule has 2 heterocycles. The van der Waals surface area contributed by atoms with Crippen molar-refractivity contribution in [3.8, 4) is 6.07 Å². The van der Waals surface area contributed by atoms with Gasteiger partial charge in [-0.05, 0) is 42.8 Å². The number of nitrogens with zero attached hydrogens (tertiary/aromatic N) is 4. The van der Waals surface area contributed by atoms with Gasteiger partial charge in [-0.2, -0.15) is 5.26 Å². The standard InChI is InChI=1S/C24H19ClN4O4S/c1-15-11-16(7-8-18(15)25)29(10-4-9-26)20(30)12-32-21(31)13-34-24-23-22(27-14-28-24)17-5-2-3-6-19(17)33-23/h2-3,5-8,11,14H,4,10,12-13H2,1H3. The molecule has 172 valence electrons. The van der Waals surface area contributed by atoms with E-state index in [0.29, 0.717) is 32.4 Å². The molecule has 0 aliphatic carbocycles. The van der Waals surface area contributed by atoms with Gasteiger partial charge in [0.25, 0.3) is 5.91 Å². The molecule has 0 aliphatic rings. The van der Waals surface area contributed by atoms with E-state index in [2.05, 4.69) is 9.97 Å². The molecule has 10 heteroatoms. The number of esters is 1. The van der Waals surface area contributed by atoms with Crippen molar-refractivity contribution in [3.05, 3.63) is 59.4 Å². The highest BCUT2D eigenvalue weighted by Gasteiger charge is 2.19. The molecule has 0 atom stereocenters. The van der Waals surface area contributed by atoms with Crippen molar-refractivity contribution in [2.24, 2.45) is 0 Å². The van der Waals surface area contributed by atoms with Crippen LogP contribution >= 0.6 is 23.4 Å². The number of anilines is 1. The van der Waals surface area contributed by atoms with Crippen molar-refractivity contribution in [3.63, 3.8) is 0 Å². The molecule has 0 aliphatic heterocycles. The maximum atomic E-state index is 12.8. The van der Waals surface area contributed by atoms with Crippen molar-refractivity contribution in [1.29, 1.82) is 5.26 Å². The lowest BCUT2D eigenvalue weighted by Gasteiger charge is -2.22. The molecule has 0 radical (unpaired) electrons. The summed E-state index contributed by atoms with van der Waals surface area (Å²) < 4.78 is 11.1. The molecule has 0 saturated carbocycles. The van der Waals surface area contributed by atoms with Gasteiger partial charge in [0, 0.05) is 22.6 Å². The molecule has 4 rings (SSSR count). The summed E-state index contributed by atoms with van der Waals surface area (Å²) in [5, 5.41) is 10.9. The number of thioether (sulfide) groups is 1. The summed E-state index contributed by atoms with van der Waals surface area (Å²) in [4.78, 5) is 35.0. The number of aryl methyl sites for hydroxylation is 1.